The third kappa shape index (κ3) is 4.79. The summed E-state index contributed by atoms with van der Waals surface area (Å²) >= 11 is 1.56. The largest absolute Gasteiger partial charge is 0.444 e. The Labute approximate surface area is 151 Å². The summed E-state index contributed by atoms with van der Waals surface area (Å²) in [4.78, 5) is 26.9. The van der Waals surface area contributed by atoms with Crippen molar-refractivity contribution < 1.29 is 14.3 Å². The maximum absolute atomic E-state index is 12.9. The third-order valence-corrected chi connectivity index (χ3v) is 4.88. The van der Waals surface area contributed by atoms with Crippen LogP contribution >= 0.6 is 11.3 Å². The molecule has 2 aromatic rings. The quantitative estimate of drug-likeness (QED) is 0.600. The van der Waals surface area contributed by atoms with Crippen LogP contribution in [-0.4, -0.2) is 29.9 Å². The summed E-state index contributed by atoms with van der Waals surface area (Å²) in [6.07, 6.45) is 5.33. The van der Waals surface area contributed by atoms with Crippen LogP contribution in [0.4, 0.5) is 0 Å². The van der Waals surface area contributed by atoms with E-state index in [-0.39, 0.29) is 5.91 Å². The van der Waals surface area contributed by atoms with Gasteiger partial charge in [0, 0.05) is 24.7 Å². The zero-order valence-corrected chi connectivity index (χ0v) is 14.8. The van der Waals surface area contributed by atoms with Gasteiger partial charge in [0.05, 0.1) is 0 Å². The van der Waals surface area contributed by atoms with Crippen LogP contribution < -0.4 is 0 Å². The number of carbonyl (C=O) groups excluding carboxylic acids is 2. The molecule has 1 aliphatic rings. The van der Waals surface area contributed by atoms with Gasteiger partial charge in [-0.2, -0.15) is 11.3 Å². The molecule has 130 valence electrons. The summed E-state index contributed by atoms with van der Waals surface area (Å²) in [6.45, 7) is 1.45. The molecule has 1 aromatic heterocycles. The molecule has 3 rings (SSSR count). The van der Waals surface area contributed by atoms with E-state index in [4.69, 9.17) is 4.74 Å². The van der Waals surface area contributed by atoms with E-state index >= 15 is 0 Å². The smallest absolute Gasteiger partial charge is 0.331 e. The fourth-order valence-corrected chi connectivity index (χ4v) is 3.49. The van der Waals surface area contributed by atoms with Crippen LogP contribution in [0.2, 0.25) is 0 Å². The fraction of sp³-hybridized carbons (Fsp3) is 0.300. The number of piperidine rings is 1. The van der Waals surface area contributed by atoms with Crippen molar-refractivity contribution >= 4 is 29.3 Å². The van der Waals surface area contributed by atoms with Crippen molar-refractivity contribution in [3.63, 3.8) is 0 Å². The molecule has 25 heavy (non-hydrogen) atoms. The predicted molar refractivity (Wildman–Crippen MR) is 99.1 cm³/mol. The van der Waals surface area contributed by atoms with Crippen molar-refractivity contribution in [3.8, 4) is 0 Å². The standard InChI is InChI=1S/C20H21NO3S/c22-18(10-9-16-11-14-25-15-16)24-19(17-7-3-1-4-8-17)20(23)21-12-5-2-6-13-21/h1,3-4,7-11,14-15,19H,2,5-6,12-13H2/b10-9+/t19-/m0/s1. The molecule has 0 unspecified atom stereocenters. The number of hydrogen-bond acceptors (Lipinski definition) is 4. The fourth-order valence-electron chi connectivity index (χ4n) is 2.86. The molecule has 0 N–H and O–H groups in total. The van der Waals surface area contributed by atoms with Crippen LogP contribution in [0.3, 0.4) is 0 Å². The Morgan fingerprint density at radius 2 is 1.84 bits per heavy atom. The molecule has 1 aromatic carbocycles. The number of carbonyl (C=O) groups is 2. The predicted octanol–water partition coefficient (Wildman–Crippen LogP) is 4.06. The van der Waals surface area contributed by atoms with Crippen molar-refractivity contribution in [2.24, 2.45) is 0 Å². The summed E-state index contributed by atoms with van der Waals surface area (Å²) in [5, 5.41) is 3.88. The molecule has 0 radical (unpaired) electrons. The highest BCUT2D eigenvalue weighted by Gasteiger charge is 2.29. The molecule has 1 aliphatic heterocycles. The summed E-state index contributed by atoms with van der Waals surface area (Å²) in [6, 6.07) is 11.1. The van der Waals surface area contributed by atoms with Crippen molar-refractivity contribution in [1.29, 1.82) is 0 Å². The third-order valence-electron chi connectivity index (χ3n) is 4.18. The second kappa shape index (κ2) is 8.62. The van der Waals surface area contributed by atoms with Gasteiger partial charge >= 0.3 is 5.97 Å². The molecular weight excluding hydrogens is 334 g/mol. The number of amides is 1. The van der Waals surface area contributed by atoms with Gasteiger partial charge < -0.3 is 9.64 Å². The first-order valence-electron chi connectivity index (χ1n) is 8.48. The lowest BCUT2D eigenvalue weighted by Crippen LogP contribution is -2.40. The number of nitrogens with zero attached hydrogens (tertiary/aromatic N) is 1. The van der Waals surface area contributed by atoms with Crippen molar-refractivity contribution in [3.05, 3.63) is 64.4 Å². The van der Waals surface area contributed by atoms with Gasteiger partial charge in [-0.15, -0.1) is 0 Å². The Hall–Kier alpha value is -2.40. The number of thiophene rings is 1. The average molecular weight is 355 g/mol. The number of rotatable bonds is 5. The lowest BCUT2D eigenvalue weighted by molar-refractivity contribution is -0.157. The normalized spacial score (nSPS) is 15.9. The summed E-state index contributed by atoms with van der Waals surface area (Å²) in [7, 11) is 0. The van der Waals surface area contributed by atoms with Gasteiger partial charge in [-0.3, -0.25) is 4.79 Å². The molecule has 1 fully saturated rings. The molecule has 2 heterocycles. The first-order chi connectivity index (χ1) is 12.2. The minimum absolute atomic E-state index is 0.136. The second-order valence-corrected chi connectivity index (χ2v) is 6.78. The number of likely N-dealkylation sites (tertiary alicyclic amines) is 1. The summed E-state index contributed by atoms with van der Waals surface area (Å²) in [5.74, 6) is -0.645. The number of benzene rings is 1. The van der Waals surface area contributed by atoms with E-state index < -0.39 is 12.1 Å². The van der Waals surface area contributed by atoms with E-state index in [1.165, 1.54) is 6.08 Å². The molecule has 0 bridgehead atoms. The zero-order chi connectivity index (χ0) is 17.5. The summed E-state index contributed by atoms with van der Waals surface area (Å²) in [5.41, 5.74) is 1.65. The highest BCUT2D eigenvalue weighted by Crippen LogP contribution is 2.23. The van der Waals surface area contributed by atoms with Gasteiger partial charge in [-0.05, 0) is 47.7 Å². The van der Waals surface area contributed by atoms with Gasteiger partial charge in [-0.1, -0.05) is 30.3 Å². The summed E-state index contributed by atoms with van der Waals surface area (Å²) < 4.78 is 5.54. The van der Waals surface area contributed by atoms with Crippen molar-refractivity contribution in [2.45, 2.75) is 25.4 Å². The van der Waals surface area contributed by atoms with Crippen LogP contribution in [0.25, 0.3) is 6.08 Å². The highest BCUT2D eigenvalue weighted by molar-refractivity contribution is 7.08. The highest BCUT2D eigenvalue weighted by atomic mass is 32.1. The van der Waals surface area contributed by atoms with E-state index in [9.17, 15) is 9.59 Å². The van der Waals surface area contributed by atoms with E-state index in [0.29, 0.717) is 5.56 Å². The van der Waals surface area contributed by atoms with Crippen LogP contribution in [0.15, 0.2) is 53.2 Å². The Morgan fingerprint density at radius 1 is 1.08 bits per heavy atom. The van der Waals surface area contributed by atoms with Crippen LogP contribution in [-0.2, 0) is 14.3 Å². The van der Waals surface area contributed by atoms with E-state index in [1.54, 1.807) is 22.3 Å². The van der Waals surface area contributed by atoms with Gasteiger partial charge in [0.15, 0.2) is 0 Å². The maximum Gasteiger partial charge on any atom is 0.331 e. The van der Waals surface area contributed by atoms with Crippen molar-refractivity contribution in [2.75, 3.05) is 13.1 Å². The number of hydrogen-bond donors (Lipinski definition) is 0. The van der Waals surface area contributed by atoms with Crippen LogP contribution in [0.5, 0.6) is 0 Å². The second-order valence-electron chi connectivity index (χ2n) is 6.00. The minimum atomic E-state index is -0.890. The lowest BCUT2D eigenvalue weighted by atomic mass is 10.1. The average Bonchev–Trinajstić information content (AvgIpc) is 3.19. The lowest BCUT2D eigenvalue weighted by Gasteiger charge is -2.30. The topological polar surface area (TPSA) is 46.6 Å². The Kier molecular flexibility index (Phi) is 6.01. The molecule has 1 saturated heterocycles. The molecular formula is C20H21NO3S. The molecule has 1 amide bonds. The van der Waals surface area contributed by atoms with Crippen LogP contribution in [0.1, 0.15) is 36.5 Å². The van der Waals surface area contributed by atoms with E-state index in [1.807, 2.05) is 47.2 Å². The SMILES string of the molecule is O=C(/C=C/c1ccsc1)O[C@H](C(=O)N1CCCCC1)c1ccccc1. The van der Waals surface area contributed by atoms with Gasteiger partial charge in [0.25, 0.3) is 5.91 Å². The first-order valence-corrected chi connectivity index (χ1v) is 9.43. The minimum Gasteiger partial charge on any atom is -0.444 e. The van der Waals surface area contributed by atoms with E-state index in [2.05, 4.69) is 0 Å². The van der Waals surface area contributed by atoms with Gasteiger partial charge in [-0.25, -0.2) is 4.79 Å². The van der Waals surface area contributed by atoms with E-state index in [0.717, 1.165) is 37.9 Å². The maximum atomic E-state index is 12.9. The molecule has 1 atom stereocenters. The molecule has 0 spiro atoms. The first kappa shape index (κ1) is 17.4. The zero-order valence-electron chi connectivity index (χ0n) is 14.0. The number of esters is 1. The molecule has 4 nitrogen and oxygen atoms in total. The Morgan fingerprint density at radius 3 is 2.52 bits per heavy atom. The molecule has 0 saturated carbocycles. The Bertz CT molecular complexity index is 719. The molecule has 0 aliphatic carbocycles. The van der Waals surface area contributed by atoms with Crippen LogP contribution in [0, 0.1) is 0 Å². The Balaban J connectivity index is 1.74. The van der Waals surface area contributed by atoms with Crippen molar-refractivity contribution in [1.82, 2.24) is 4.90 Å². The molecule has 5 heteroatoms. The van der Waals surface area contributed by atoms with Gasteiger partial charge in [0.2, 0.25) is 6.10 Å². The number of ether oxygens (including phenoxy) is 1. The monoisotopic (exact) mass is 355 g/mol. The van der Waals surface area contributed by atoms with Gasteiger partial charge in [0.1, 0.15) is 0 Å².